The molecule has 1 N–H and O–H groups in total. The quantitative estimate of drug-likeness (QED) is 0.472. The minimum Gasteiger partial charge on any atom is -0.461 e. The third kappa shape index (κ3) is 4.90. The molecule has 0 saturated heterocycles. The lowest BCUT2D eigenvalue weighted by molar-refractivity contribution is -0.137. The number of alkyl halides is 2. The Morgan fingerprint density at radius 3 is 2.58 bits per heavy atom. The van der Waals surface area contributed by atoms with Gasteiger partial charge in [0.2, 0.25) is 0 Å². The van der Waals surface area contributed by atoms with Crippen molar-refractivity contribution in [2.75, 3.05) is 13.2 Å². The number of aliphatic hydroxyl groups excluding tert-OH is 1. The van der Waals surface area contributed by atoms with Crippen molar-refractivity contribution in [3.05, 3.63) is 12.7 Å². The molecule has 2 atom stereocenters. The SMILES string of the molecule is C=CC(=O)OCC(Br)C(Br)CO. The number of hydrogen-bond donors (Lipinski definition) is 1. The Balaban J connectivity index is 3.62. The highest BCUT2D eigenvalue weighted by Gasteiger charge is 2.15. The van der Waals surface area contributed by atoms with Crippen LogP contribution in [0.2, 0.25) is 0 Å². The van der Waals surface area contributed by atoms with Gasteiger partial charge in [0.1, 0.15) is 6.61 Å². The molecule has 0 aromatic heterocycles. The van der Waals surface area contributed by atoms with Crippen LogP contribution in [0.5, 0.6) is 0 Å². The Labute approximate surface area is 88.0 Å². The topological polar surface area (TPSA) is 46.5 Å². The number of hydrogen-bond acceptors (Lipinski definition) is 3. The van der Waals surface area contributed by atoms with E-state index in [1.807, 2.05) is 0 Å². The first kappa shape index (κ1) is 12.1. The molecular weight excluding hydrogens is 292 g/mol. The van der Waals surface area contributed by atoms with Crippen LogP contribution in [0.25, 0.3) is 0 Å². The summed E-state index contributed by atoms with van der Waals surface area (Å²) in [6.07, 6.45) is 1.10. The maximum atomic E-state index is 10.6. The molecule has 0 aliphatic heterocycles. The molecule has 0 spiro atoms. The number of aliphatic hydroxyl groups is 1. The monoisotopic (exact) mass is 300 g/mol. The lowest BCUT2D eigenvalue weighted by Gasteiger charge is -2.13. The van der Waals surface area contributed by atoms with E-state index in [1.54, 1.807) is 0 Å². The Hall–Kier alpha value is 0.130. The van der Waals surface area contributed by atoms with E-state index in [0.717, 1.165) is 6.08 Å². The van der Waals surface area contributed by atoms with Gasteiger partial charge in [-0.1, -0.05) is 38.4 Å². The molecule has 70 valence electrons. The number of rotatable bonds is 5. The molecule has 0 fully saturated rings. The van der Waals surface area contributed by atoms with E-state index in [0.29, 0.717) is 0 Å². The zero-order valence-corrected chi connectivity index (χ0v) is 9.55. The van der Waals surface area contributed by atoms with Gasteiger partial charge < -0.3 is 9.84 Å². The highest BCUT2D eigenvalue weighted by Crippen LogP contribution is 2.13. The molecule has 5 heteroatoms. The van der Waals surface area contributed by atoms with Gasteiger partial charge in [-0.3, -0.25) is 0 Å². The second-order valence-electron chi connectivity index (χ2n) is 2.05. The van der Waals surface area contributed by atoms with Crippen LogP contribution in [0.4, 0.5) is 0 Å². The molecule has 0 heterocycles. The van der Waals surface area contributed by atoms with E-state index >= 15 is 0 Å². The highest BCUT2D eigenvalue weighted by molar-refractivity contribution is 9.12. The van der Waals surface area contributed by atoms with Gasteiger partial charge >= 0.3 is 5.97 Å². The summed E-state index contributed by atoms with van der Waals surface area (Å²) in [5, 5.41) is 8.69. The van der Waals surface area contributed by atoms with Gasteiger partial charge in [-0.15, -0.1) is 0 Å². The molecule has 0 bridgehead atoms. The number of carbonyl (C=O) groups excluding carboxylic acids is 1. The molecule has 3 nitrogen and oxygen atoms in total. The van der Waals surface area contributed by atoms with Crippen LogP contribution >= 0.6 is 31.9 Å². The van der Waals surface area contributed by atoms with Crippen LogP contribution in [0.15, 0.2) is 12.7 Å². The van der Waals surface area contributed by atoms with Crippen molar-refractivity contribution in [1.29, 1.82) is 0 Å². The fourth-order valence-electron chi connectivity index (χ4n) is 0.439. The molecule has 0 amide bonds. The molecule has 0 aliphatic rings. The minimum atomic E-state index is -0.461. The molecule has 0 radical (unpaired) electrons. The van der Waals surface area contributed by atoms with Gasteiger partial charge in [0.25, 0.3) is 0 Å². The van der Waals surface area contributed by atoms with E-state index in [2.05, 4.69) is 38.4 Å². The van der Waals surface area contributed by atoms with Gasteiger partial charge in [0, 0.05) is 6.08 Å². The van der Waals surface area contributed by atoms with Crippen LogP contribution in [0.3, 0.4) is 0 Å². The molecule has 0 saturated carbocycles. The summed E-state index contributed by atoms with van der Waals surface area (Å²) in [5.74, 6) is -0.461. The molecule has 12 heavy (non-hydrogen) atoms. The van der Waals surface area contributed by atoms with Gasteiger partial charge in [-0.05, 0) is 0 Å². The third-order valence-electron chi connectivity index (χ3n) is 1.12. The summed E-state index contributed by atoms with van der Waals surface area (Å²) in [5.41, 5.74) is 0. The maximum Gasteiger partial charge on any atom is 0.330 e. The van der Waals surface area contributed by atoms with Crippen molar-refractivity contribution in [3.63, 3.8) is 0 Å². The Kier molecular flexibility index (Phi) is 6.70. The minimum absolute atomic E-state index is 0.0123. The van der Waals surface area contributed by atoms with E-state index in [-0.39, 0.29) is 22.9 Å². The van der Waals surface area contributed by atoms with Gasteiger partial charge in [0.15, 0.2) is 0 Å². The van der Waals surface area contributed by atoms with Crippen molar-refractivity contribution in [1.82, 2.24) is 0 Å². The summed E-state index contributed by atoms with van der Waals surface area (Å²) in [6.45, 7) is 3.45. The second kappa shape index (κ2) is 6.62. The van der Waals surface area contributed by atoms with Crippen LogP contribution in [-0.2, 0) is 9.53 Å². The molecule has 0 aromatic rings. The van der Waals surface area contributed by atoms with E-state index in [9.17, 15) is 4.79 Å². The normalized spacial score (nSPS) is 14.9. The third-order valence-corrected chi connectivity index (χ3v) is 3.66. The summed E-state index contributed by atoms with van der Waals surface area (Å²) in [4.78, 5) is 10.4. The first-order chi connectivity index (χ1) is 5.61. The molecule has 0 rings (SSSR count). The van der Waals surface area contributed by atoms with Crippen LogP contribution in [0, 0.1) is 0 Å². The van der Waals surface area contributed by atoms with Crippen LogP contribution in [0.1, 0.15) is 0 Å². The Morgan fingerprint density at radius 2 is 2.17 bits per heavy atom. The number of esters is 1. The van der Waals surface area contributed by atoms with Crippen LogP contribution < -0.4 is 0 Å². The van der Waals surface area contributed by atoms with Gasteiger partial charge in [0.05, 0.1) is 16.3 Å². The first-order valence-corrected chi connectivity index (χ1v) is 5.13. The Morgan fingerprint density at radius 1 is 1.58 bits per heavy atom. The largest absolute Gasteiger partial charge is 0.461 e. The van der Waals surface area contributed by atoms with Crippen LogP contribution in [-0.4, -0.2) is 33.9 Å². The standard InChI is InChI=1S/C7H10Br2O3/c1-2-7(11)12-4-6(9)5(8)3-10/h2,5-6,10H,1,3-4H2. The first-order valence-electron chi connectivity index (χ1n) is 3.30. The summed E-state index contributed by atoms with van der Waals surface area (Å²) in [6, 6.07) is 0. The van der Waals surface area contributed by atoms with Crippen molar-refractivity contribution < 1.29 is 14.6 Å². The van der Waals surface area contributed by atoms with Crippen molar-refractivity contribution in [2.24, 2.45) is 0 Å². The van der Waals surface area contributed by atoms with Gasteiger partial charge in [-0.25, -0.2) is 4.79 Å². The van der Waals surface area contributed by atoms with E-state index in [4.69, 9.17) is 9.84 Å². The fraction of sp³-hybridized carbons (Fsp3) is 0.571. The number of ether oxygens (including phenoxy) is 1. The Bertz CT molecular complexity index is 161. The van der Waals surface area contributed by atoms with E-state index < -0.39 is 5.97 Å². The maximum absolute atomic E-state index is 10.6. The van der Waals surface area contributed by atoms with Crippen molar-refractivity contribution >= 4 is 37.8 Å². The second-order valence-corrected chi connectivity index (χ2v) is 4.40. The molecule has 0 aliphatic carbocycles. The lowest BCUT2D eigenvalue weighted by Crippen LogP contribution is -2.24. The smallest absolute Gasteiger partial charge is 0.330 e. The molecule has 2 unspecified atom stereocenters. The summed E-state index contributed by atoms with van der Waals surface area (Å²) in [7, 11) is 0. The lowest BCUT2D eigenvalue weighted by atomic mass is 10.3. The predicted octanol–water partition coefficient (Wildman–Crippen LogP) is 1.23. The zero-order chi connectivity index (χ0) is 9.56. The van der Waals surface area contributed by atoms with E-state index in [1.165, 1.54) is 0 Å². The fourth-order valence-corrected chi connectivity index (χ4v) is 0.891. The molecular formula is C7H10Br2O3. The molecule has 0 aromatic carbocycles. The number of halogens is 2. The number of carbonyl (C=O) groups is 1. The predicted molar refractivity (Wildman–Crippen MR) is 53.7 cm³/mol. The summed E-state index contributed by atoms with van der Waals surface area (Å²) >= 11 is 6.44. The average molecular weight is 302 g/mol. The van der Waals surface area contributed by atoms with Gasteiger partial charge in [-0.2, -0.15) is 0 Å². The average Bonchev–Trinajstić information content (AvgIpc) is 2.11. The zero-order valence-electron chi connectivity index (χ0n) is 6.37. The summed E-state index contributed by atoms with van der Waals surface area (Å²) < 4.78 is 4.73. The van der Waals surface area contributed by atoms with Crippen molar-refractivity contribution in [3.8, 4) is 0 Å². The van der Waals surface area contributed by atoms with Crippen molar-refractivity contribution in [2.45, 2.75) is 9.65 Å². The highest BCUT2D eigenvalue weighted by atomic mass is 79.9.